The Bertz CT molecular complexity index is 878. The predicted molar refractivity (Wildman–Crippen MR) is 85.2 cm³/mol. The number of nitrogens with one attached hydrogen (secondary N) is 1. The van der Waals surface area contributed by atoms with Gasteiger partial charge in [0.05, 0.1) is 17.7 Å². The standard InChI is InChI=1S/C16H20N6O/c1-9-5-10(2)22-14(19-9)12(8-18-22)13-20-15(23-21-13)11-6-16(3,4)17-7-11/h5,8,11,17H,6-7H2,1-4H3. The van der Waals surface area contributed by atoms with Crippen LogP contribution in [0.2, 0.25) is 0 Å². The quantitative estimate of drug-likeness (QED) is 0.781. The molecule has 7 heteroatoms. The Morgan fingerprint density at radius 3 is 2.87 bits per heavy atom. The summed E-state index contributed by atoms with van der Waals surface area (Å²) in [7, 11) is 0. The molecule has 1 atom stereocenters. The number of aromatic nitrogens is 5. The first-order valence-electron chi connectivity index (χ1n) is 7.84. The third-order valence-corrected chi connectivity index (χ3v) is 4.39. The third kappa shape index (κ3) is 2.41. The molecule has 4 heterocycles. The number of rotatable bonds is 2. The molecule has 0 saturated carbocycles. The molecule has 1 N–H and O–H groups in total. The molecule has 0 aliphatic carbocycles. The number of hydrogen-bond acceptors (Lipinski definition) is 6. The molecule has 3 aromatic rings. The topological polar surface area (TPSA) is 81.1 Å². The van der Waals surface area contributed by atoms with Crippen LogP contribution in [0.3, 0.4) is 0 Å². The van der Waals surface area contributed by atoms with Gasteiger partial charge in [0, 0.05) is 23.5 Å². The molecule has 0 bridgehead atoms. The van der Waals surface area contributed by atoms with E-state index in [9.17, 15) is 0 Å². The summed E-state index contributed by atoms with van der Waals surface area (Å²) in [6.07, 6.45) is 2.74. The van der Waals surface area contributed by atoms with Crippen molar-refractivity contribution in [1.29, 1.82) is 0 Å². The molecule has 0 amide bonds. The van der Waals surface area contributed by atoms with E-state index >= 15 is 0 Å². The number of aryl methyl sites for hydroxylation is 2. The second-order valence-corrected chi connectivity index (χ2v) is 6.95. The number of nitrogens with zero attached hydrogens (tertiary/aromatic N) is 5. The number of hydrogen-bond donors (Lipinski definition) is 1. The van der Waals surface area contributed by atoms with Crippen molar-refractivity contribution in [2.75, 3.05) is 6.54 Å². The van der Waals surface area contributed by atoms with E-state index in [2.05, 4.69) is 39.4 Å². The van der Waals surface area contributed by atoms with E-state index < -0.39 is 0 Å². The van der Waals surface area contributed by atoms with Crippen molar-refractivity contribution in [3.63, 3.8) is 0 Å². The molecular weight excluding hydrogens is 292 g/mol. The molecule has 7 nitrogen and oxygen atoms in total. The second kappa shape index (κ2) is 4.86. The van der Waals surface area contributed by atoms with E-state index in [0.717, 1.165) is 35.6 Å². The van der Waals surface area contributed by atoms with Crippen molar-refractivity contribution in [3.8, 4) is 11.4 Å². The maximum atomic E-state index is 5.51. The van der Waals surface area contributed by atoms with Gasteiger partial charge in [0.25, 0.3) is 0 Å². The molecule has 3 aromatic heterocycles. The van der Waals surface area contributed by atoms with Gasteiger partial charge in [-0.3, -0.25) is 0 Å². The van der Waals surface area contributed by atoms with Crippen LogP contribution in [0.25, 0.3) is 17.0 Å². The molecule has 4 rings (SSSR count). The van der Waals surface area contributed by atoms with Gasteiger partial charge in [-0.2, -0.15) is 10.1 Å². The molecule has 0 radical (unpaired) electrons. The van der Waals surface area contributed by atoms with Gasteiger partial charge in [-0.15, -0.1) is 0 Å². The zero-order valence-corrected chi connectivity index (χ0v) is 13.8. The molecule has 23 heavy (non-hydrogen) atoms. The Morgan fingerprint density at radius 2 is 2.13 bits per heavy atom. The van der Waals surface area contributed by atoms with Gasteiger partial charge >= 0.3 is 0 Å². The predicted octanol–water partition coefficient (Wildman–Crippen LogP) is 2.25. The van der Waals surface area contributed by atoms with Crippen LogP contribution < -0.4 is 5.32 Å². The van der Waals surface area contributed by atoms with Crippen LogP contribution in [0.4, 0.5) is 0 Å². The van der Waals surface area contributed by atoms with Crippen LogP contribution in [0, 0.1) is 13.8 Å². The average molecular weight is 312 g/mol. The van der Waals surface area contributed by atoms with Crippen LogP contribution >= 0.6 is 0 Å². The fourth-order valence-electron chi connectivity index (χ4n) is 3.27. The van der Waals surface area contributed by atoms with Gasteiger partial charge in [-0.1, -0.05) is 5.16 Å². The summed E-state index contributed by atoms with van der Waals surface area (Å²) >= 11 is 0. The van der Waals surface area contributed by atoms with Crippen LogP contribution in [0.1, 0.15) is 43.5 Å². The zero-order chi connectivity index (χ0) is 16.2. The largest absolute Gasteiger partial charge is 0.339 e. The fraction of sp³-hybridized carbons (Fsp3) is 0.500. The molecule has 0 spiro atoms. The first-order chi connectivity index (χ1) is 10.9. The zero-order valence-electron chi connectivity index (χ0n) is 13.8. The minimum absolute atomic E-state index is 0.111. The smallest absolute Gasteiger partial charge is 0.231 e. The summed E-state index contributed by atoms with van der Waals surface area (Å²) in [4.78, 5) is 9.17. The van der Waals surface area contributed by atoms with Gasteiger partial charge in [-0.05, 0) is 40.2 Å². The van der Waals surface area contributed by atoms with Crippen LogP contribution in [0.15, 0.2) is 16.8 Å². The summed E-state index contributed by atoms with van der Waals surface area (Å²) in [5.74, 6) is 1.49. The van der Waals surface area contributed by atoms with Gasteiger partial charge in [0.2, 0.25) is 11.7 Å². The highest BCUT2D eigenvalue weighted by atomic mass is 16.5. The molecule has 1 unspecified atom stereocenters. The van der Waals surface area contributed by atoms with E-state index in [1.807, 2.05) is 19.9 Å². The first kappa shape index (κ1) is 14.3. The lowest BCUT2D eigenvalue weighted by Gasteiger charge is -2.16. The maximum absolute atomic E-state index is 5.51. The Balaban J connectivity index is 1.73. The highest BCUT2D eigenvalue weighted by molar-refractivity contribution is 5.72. The van der Waals surface area contributed by atoms with E-state index in [1.165, 1.54) is 0 Å². The van der Waals surface area contributed by atoms with Crippen molar-refractivity contribution in [2.24, 2.45) is 0 Å². The van der Waals surface area contributed by atoms with E-state index in [-0.39, 0.29) is 11.5 Å². The Labute approximate surface area is 134 Å². The molecule has 1 aliphatic rings. The molecule has 1 saturated heterocycles. The minimum Gasteiger partial charge on any atom is -0.339 e. The van der Waals surface area contributed by atoms with Crippen molar-refractivity contribution in [1.82, 2.24) is 30.1 Å². The summed E-state index contributed by atoms with van der Waals surface area (Å²) < 4.78 is 7.31. The van der Waals surface area contributed by atoms with Gasteiger partial charge in [0.1, 0.15) is 0 Å². The summed E-state index contributed by atoms with van der Waals surface area (Å²) in [6.45, 7) is 9.21. The molecule has 1 fully saturated rings. The second-order valence-electron chi connectivity index (χ2n) is 6.95. The van der Waals surface area contributed by atoms with E-state index in [4.69, 9.17) is 4.52 Å². The van der Waals surface area contributed by atoms with Crippen LogP contribution in [0.5, 0.6) is 0 Å². The summed E-state index contributed by atoms with van der Waals surface area (Å²) in [5, 5.41) is 12.0. The highest BCUT2D eigenvalue weighted by Crippen LogP contribution is 2.32. The fourth-order valence-corrected chi connectivity index (χ4v) is 3.27. The molecule has 1 aliphatic heterocycles. The normalized spacial score (nSPS) is 20.4. The maximum Gasteiger partial charge on any atom is 0.231 e. The van der Waals surface area contributed by atoms with Gasteiger partial charge < -0.3 is 9.84 Å². The lowest BCUT2D eigenvalue weighted by molar-refractivity contribution is 0.353. The third-order valence-electron chi connectivity index (χ3n) is 4.39. The lowest BCUT2D eigenvalue weighted by atomic mass is 9.97. The summed E-state index contributed by atoms with van der Waals surface area (Å²) in [6, 6.07) is 2.00. The van der Waals surface area contributed by atoms with E-state index in [0.29, 0.717) is 11.7 Å². The van der Waals surface area contributed by atoms with Crippen molar-refractivity contribution >= 4 is 5.65 Å². The van der Waals surface area contributed by atoms with Gasteiger partial charge in [0.15, 0.2) is 5.65 Å². The average Bonchev–Trinajstić information content (AvgIpc) is 3.15. The van der Waals surface area contributed by atoms with Crippen molar-refractivity contribution in [3.05, 3.63) is 29.5 Å². The van der Waals surface area contributed by atoms with Crippen LogP contribution in [-0.2, 0) is 0 Å². The minimum atomic E-state index is 0.111. The monoisotopic (exact) mass is 312 g/mol. The Kier molecular flexibility index (Phi) is 3.02. The van der Waals surface area contributed by atoms with Crippen molar-refractivity contribution < 1.29 is 4.52 Å². The highest BCUT2D eigenvalue weighted by Gasteiger charge is 2.34. The summed E-state index contributed by atoms with van der Waals surface area (Å²) in [5.41, 5.74) is 3.66. The lowest BCUT2D eigenvalue weighted by Crippen LogP contribution is -2.31. The van der Waals surface area contributed by atoms with Crippen LogP contribution in [-0.4, -0.2) is 36.8 Å². The Hall–Kier alpha value is -2.28. The SMILES string of the molecule is Cc1cc(C)n2ncc(-c3noc(C4CNC(C)(C)C4)n3)c2n1. The molecule has 0 aromatic carbocycles. The molecular formula is C16H20N6O. The molecule has 120 valence electrons. The number of fused-ring (bicyclic) bond motifs is 1. The van der Waals surface area contributed by atoms with E-state index in [1.54, 1.807) is 10.7 Å². The Morgan fingerprint density at radius 1 is 1.30 bits per heavy atom. The van der Waals surface area contributed by atoms with Crippen molar-refractivity contribution in [2.45, 2.75) is 45.6 Å². The first-order valence-corrected chi connectivity index (χ1v) is 7.84. The van der Waals surface area contributed by atoms with Gasteiger partial charge in [-0.25, -0.2) is 9.50 Å².